The van der Waals surface area contributed by atoms with E-state index in [-0.39, 0.29) is 12.5 Å². The molecule has 0 radical (unpaired) electrons. The first-order chi connectivity index (χ1) is 12.2. The summed E-state index contributed by atoms with van der Waals surface area (Å²) in [5, 5.41) is 0. The van der Waals surface area contributed by atoms with E-state index in [0.717, 1.165) is 12.8 Å². The lowest BCUT2D eigenvalue weighted by atomic mass is 10.1. The van der Waals surface area contributed by atoms with Crippen LogP contribution in [0.2, 0.25) is 0 Å². The SMILES string of the molecule is O=C1CN(C(=O)Oc2cccnc2)CCN1CCCc1ccccc1. The Bertz CT molecular complexity index is 706. The van der Waals surface area contributed by atoms with E-state index >= 15 is 0 Å². The van der Waals surface area contributed by atoms with Gasteiger partial charge in [-0.3, -0.25) is 14.7 Å². The van der Waals surface area contributed by atoms with Gasteiger partial charge in [-0.25, -0.2) is 4.79 Å². The van der Waals surface area contributed by atoms with Gasteiger partial charge in [-0.2, -0.15) is 0 Å². The summed E-state index contributed by atoms with van der Waals surface area (Å²) < 4.78 is 5.23. The standard InChI is InChI=1S/C19H21N3O3/c23-18-15-22(19(24)25-17-9-4-10-20-14-17)13-12-21(18)11-5-8-16-6-2-1-3-7-16/h1-4,6-7,9-10,14H,5,8,11-13,15H2. The maximum Gasteiger partial charge on any atom is 0.415 e. The molecule has 0 N–H and O–H groups in total. The van der Waals surface area contributed by atoms with Gasteiger partial charge >= 0.3 is 6.09 Å². The molecule has 1 aromatic carbocycles. The number of hydrogen-bond donors (Lipinski definition) is 0. The predicted octanol–water partition coefficient (Wildman–Crippen LogP) is 2.36. The summed E-state index contributed by atoms with van der Waals surface area (Å²) in [5.41, 5.74) is 1.27. The minimum Gasteiger partial charge on any atom is -0.409 e. The number of hydrogen-bond acceptors (Lipinski definition) is 4. The second-order valence-electron chi connectivity index (χ2n) is 5.95. The number of aromatic nitrogens is 1. The average Bonchev–Trinajstić information content (AvgIpc) is 2.64. The van der Waals surface area contributed by atoms with Gasteiger partial charge < -0.3 is 9.64 Å². The summed E-state index contributed by atoms with van der Waals surface area (Å²) in [5.74, 6) is 0.340. The zero-order valence-electron chi connectivity index (χ0n) is 14.0. The van der Waals surface area contributed by atoms with E-state index in [4.69, 9.17) is 4.74 Å². The van der Waals surface area contributed by atoms with E-state index in [1.165, 1.54) is 16.7 Å². The molecule has 0 atom stereocenters. The Labute approximate surface area is 147 Å². The molecule has 1 aliphatic rings. The first-order valence-corrected chi connectivity index (χ1v) is 8.41. The largest absolute Gasteiger partial charge is 0.415 e. The minimum absolute atomic E-state index is 0.0394. The van der Waals surface area contributed by atoms with Crippen molar-refractivity contribution < 1.29 is 14.3 Å². The highest BCUT2D eigenvalue weighted by molar-refractivity contribution is 5.84. The lowest BCUT2D eigenvalue weighted by molar-refractivity contribution is -0.135. The van der Waals surface area contributed by atoms with Crippen LogP contribution in [0.15, 0.2) is 54.9 Å². The highest BCUT2D eigenvalue weighted by atomic mass is 16.6. The Balaban J connectivity index is 1.44. The molecule has 1 saturated heterocycles. The molecule has 1 aromatic heterocycles. The van der Waals surface area contributed by atoms with Gasteiger partial charge in [0.05, 0.1) is 6.20 Å². The Morgan fingerprint density at radius 1 is 1.12 bits per heavy atom. The number of carbonyl (C=O) groups is 2. The van der Waals surface area contributed by atoms with Gasteiger partial charge in [0, 0.05) is 25.8 Å². The van der Waals surface area contributed by atoms with E-state index in [1.54, 1.807) is 18.3 Å². The zero-order valence-corrected chi connectivity index (χ0v) is 14.0. The van der Waals surface area contributed by atoms with Crippen LogP contribution >= 0.6 is 0 Å². The quantitative estimate of drug-likeness (QED) is 0.839. The molecule has 130 valence electrons. The molecule has 0 spiro atoms. The van der Waals surface area contributed by atoms with Crippen molar-refractivity contribution in [2.45, 2.75) is 12.8 Å². The van der Waals surface area contributed by atoms with Gasteiger partial charge in [0.15, 0.2) is 5.75 Å². The third-order valence-electron chi connectivity index (χ3n) is 4.15. The summed E-state index contributed by atoms with van der Waals surface area (Å²) in [7, 11) is 0. The number of nitrogens with zero attached hydrogens (tertiary/aromatic N) is 3. The molecule has 3 rings (SSSR count). The highest BCUT2D eigenvalue weighted by Crippen LogP contribution is 2.12. The van der Waals surface area contributed by atoms with Crippen LogP contribution in [0, 0.1) is 0 Å². The van der Waals surface area contributed by atoms with E-state index < -0.39 is 6.09 Å². The average molecular weight is 339 g/mol. The van der Waals surface area contributed by atoms with Crippen molar-refractivity contribution in [1.82, 2.24) is 14.8 Å². The number of carbonyl (C=O) groups excluding carboxylic acids is 2. The molecule has 2 heterocycles. The van der Waals surface area contributed by atoms with Crippen LogP contribution in [0.1, 0.15) is 12.0 Å². The van der Waals surface area contributed by atoms with Crippen molar-refractivity contribution in [2.24, 2.45) is 0 Å². The molecule has 0 unspecified atom stereocenters. The minimum atomic E-state index is -0.509. The highest BCUT2D eigenvalue weighted by Gasteiger charge is 2.27. The lowest BCUT2D eigenvalue weighted by Crippen LogP contribution is -2.53. The van der Waals surface area contributed by atoms with Gasteiger partial charge in [0.25, 0.3) is 0 Å². The van der Waals surface area contributed by atoms with Crippen molar-refractivity contribution in [3.63, 3.8) is 0 Å². The van der Waals surface area contributed by atoms with E-state index in [9.17, 15) is 9.59 Å². The molecular weight excluding hydrogens is 318 g/mol. The molecule has 0 bridgehead atoms. The normalized spacial score (nSPS) is 14.5. The predicted molar refractivity (Wildman–Crippen MR) is 93.2 cm³/mol. The number of benzene rings is 1. The second-order valence-corrected chi connectivity index (χ2v) is 5.95. The fourth-order valence-corrected chi connectivity index (χ4v) is 2.79. The van der Waals surface area contributed by atoms with Crippen LogP contribution in [-0.2, 0) is 11.2 Å². The van der Waals surface area contributed by atoms with E-state index in [0.29, 0.717) is 25.4 Å². The Morgan fingerprint density at radius 3 is 2.68 bits per heavy atom. The van der Waals surface area contributed by atoms with Crippen molar-refractivity contribution >= 4 is 12.0 Å². The fraction of sp³-hybridized carbons (Fsp3) is 0.316. The molecule has 25 heavy (non-hydrogen) atoms. The number of aryl methyl sites for hydroxylation is 1. The molecule has 1 fully saturated rings. The van der Waals surface area contributed by atoms with Crippen molar-refractivity contribution in [3.05, 3.63) is 60.4 Å². The fourth-order valence-electron chi connectivity index (χ4n) is 2.79. The summed E-state index contributed by atoms with van der Waals surface area (Å²) in [6, 6.07) is 13.6. The van der Waals surface area contributed by atoms with E-state index in [1.807, 2.05) is 23.1 Å². The van der Waals surface area contributed by atoms with Gasteiger partial charge in [0.2, 0.25) is 5.91 Å². The second kappa shape index (κ2) is 8.28. The molecular formula is C19H21N3O3. The van der Waals surface area contributed by atoms with Crippen LogP contribution < -0.4 is 4.74 Å². The molecule has 2 amide bonds. The summed E-state index contributed by atoms with van der Waals surface area (Å²) in [4.78, 5) is 31.5. The molecule has 1 aliphatic heterocycles. The summed E-state index contributed by atoms with van der Waals surface area (Å²) in [6.07, 6.45) is 4.42. The number of amides is 2. The Morgan fingerprint density at radius 2 is 1.96 bits per heavy atom. The smallest absolute Gasteiger partial charge is 0.409 e. The maximum atomic E-state index is 12.3. The topological polar surface area (TPSA) is 62.7 Å². The summed E-state index contributed by atoms with van der Waals surface area (Å²) >= 11 is 0. The first kappa shape index (κ1) is 17.0. The number of piperazine rings is 1. The molecule has 0 aliphatic carbocycles. The number of pyridine rings is 1. The third kappa shape index (κ3) is 4.79. The van der Waals surface area contributed by atoms with Gasteiger partial charge in [-0.15, -0.1) is 0 Å². The van der Waals surface area contributed by atoms with Crippen molar-refractivity contribution in [2.75, 3.05) is 26.2 Å². The number of ether oxygens (including phenoxy) is 1. The van der Waals surface area contributed by atoms with Gasteiger partial charge in [0.1, 0.15) is 6.54 Å². The Hall–Kier alpha value is -2.89. The maximum absolute atomic E-state index is 12.3. The Kier molecular flexibility index (Phi) is 5.61. The number of rotatable bonds is 5. The van der Waals surface area contributed by atoms with Crippen molar-refractivity contribution in [1.29, 1.82) is 0 Å². The molecule has 6 nitrogen and oxygen atoms in total. The van der Waals surface area contributed by atoms with E-state index in [2.05, 4.69) is 17.1 Å². The first-order valence-electron chi connectivity index (χ1n) is 8.41. The zero-order chi connectivity index (χ0) is 17.5. The van der Waals surface area contributed by atoms with Crippen LogP contribution in [0.5, 0.6) is 5.75 Å². The van der Waals surface area contributed by atoms with Crippen LogP contribution in [0.4, 0.5) is 4.79 Å². The van der Waals surface area contributed by atoms with Crippen LogP contribution in [0.25, 0.3) is 0 Å². The molecule has 0 saturated carbocycles. The van der Waals surface area contributed by atoms with Crippen LogP contribution in [0.3, 0.4) is 0 Å². The third-order valence-corrected chi connectivity index (χ3v) is 4.15. The summed E-state index contributed by atoms with van der Waals surface area (Å²) in [6.45, 7) is 1.79. The van der Waals surface area contributed by atoms with Gasteiger partial charge in [-0.05, 0) is 30.5 Å². The lowest BCUT2D eigenvalue weighted by Gasteiger charge is -2.33. The monoisotopic (exact) mass is 339 g/mol. The van der Waals surface area contributed by atoms with Crippen molar-refractivity contribution in [3.8, 4) is 5.75 Å². The molecule has 2 aromatic rings. The van der Waals surface area contributed by atoms with Gasteiger partial charge in [-0.1, -0.05) is 30.3 Å². The van der Waals surface area contributed by atoms with Crippen LogP contribution in [-0.4, -0.2) is 53.0 Å². The molecule has 6 heteroatoms.